The molecule has 0 aliphatic carbocycles. The lowest BCUT2D eigenvalue weighted by molar-refractivity contribution is -0.129. The van der Waals surface area contributed by atoms with Gasteiger partial charge in [0, 0.05) is 63.4 Å². The lowest BCUT2D eigenvalue weighted by Gasteiger charge is -2.23. The Morgan fingerprint density at radius 1 is 0.781 bits per heavy atom. The fraction of sp³-hybridized carbons (Fsp3) is 0.372. The first-order valence-corrected chi connectivity index (χ1v) is 20.6. The molecule has 0 fully saturated rings. The van der Waals surface area contributed by atoms with E-state index in [0.29, 0.717) is 54.8 Å². The third-order valence-electron chi connectivity index (χ3n) is 9.59. The highest BCUT2D eigenvalue weighted by Gasteiger charge is 2.29. The van der Waals surface area contributed by atoms with E-state index >= 15 is 0 Å². The van der Waals surface area contributed by atoms with Gasteiger partial charge in [0.2, 0.25) is 17.7 Å². The van der Waals surface area contributed by atoms with Gasteiger partial charge in [-0.1, -0.05) is 49.4 Å². The normalized spacial score (nSPS) is 12.2. The Morgan fingerprint density at radius 3 is 2.14 bits per heavy atom. The van der Waals surface area contributed by atoms with Crippen molar-refractivity contribution in [1.29, 1.82) is 0 Å². The SMILES string of the molecule is CCC(=O)NCCNC(=O)NC(N)=NCCC[C@@H](NC(=O)C(c1ccccc1)c1cccc(OCCCCNc2c(NCCON)c(=O)c2=O)c1)C(=O)NCc1c(F)cc(O)cc1F. The summed E-state index contributed by atoms with van der Waals surface area (Å²) in [6.45, 7) is 2.57. The van der Waals surface area contributed by atoms with Crippen molar-refractivity contribution in [3.05, 3.63) is 116 Å². The Bertz CT molecular complexity index is 2270. The van der Waals surface area contributed by atoms with Crippen molar-refractivity contribution in [2.45, 2.75) is 57.5 Å². The molecule has 0 saturated carbocycles. The van der Waals surface area contributed by atoms with Crippen molar-refractivity contribution in [2.24, 2.45) is 16.6 Å². The molecule has 0 saturated heterocycles. The predicted octanol–water partition coefficient (Wildman–Crippen LogP) is 1.69. The number of nitrogens with one attached hydrogen (secondary N) is 7. The molecule has 4 aromatic carbocycles. The third-order valence-corrected chi connectivity index (χ3v) is 9.59. The van der Waals surface area contributed by atoms with Crippen molar-refractivity contribution in [3.8, 4) is 11.5 Å². The summed E-state index contributed by atoms with van der Waals surface area (Å²) in [6.07, 6.45) is 1.63. The number of aliphatic imine (C=N–C) groups is 1. The molecule has 64 heavy (non-hydrogen) atoms. The molecule has 19 nitrogen and oxygen atoms in total. The van der Waals surface area contributed by atoms with Gasteiger partial charge < -0.3 is 52.3 Å². The van der Waals surface area contributed by atoms with E-state index in [2.05, 4.69) is 47.0 Å². The predicted molar refractivity (Wildman–Crippen MR) is 235 cm³/mol. The third kappa shape index (κ3) is 15.3. The Hall–Kier alpha value is -7.13. The summed E-state index contributed by atoms with van der Waals surface area (Å²) < 4.78 is 35.1. The van der Waals surface area contributed by atoms with E-state index in [9.17, 15) is 42.7 Å². The van der Waals surface area contributed by atoms with Crippen molar-refractivity contribution in [1.82, 2.24) is 26.6 Å². The zero-order valence-electron chi connectivity index (χ0n) is 35.3. The fourth-order valence-corrected chi connectivity index (χ4v) is 6.30. The van der Waals surface area contributed by atoms with Crippen molar-refractivity contribution >= 4 is 41.1 Å². The summed E-state index contributed by atoms with van der Waals surface area (Å²) in [5.74, 6) is 0.00879. The number of carbonyl (C=O) groups excluding carboxylic acids is 4. The number of halogens is 2. The van der Waals surface area contributed by atoms with Crippen molar-refractivity contribution in [2.75, 3.05) is 56.6 Å². The number of benzene rings is 3. The molecular weight excluding hydrogens is 839 g/mol. The highest BCUT2D eigenvalue weighted by molar-refractivity contribution is 5.95. The van der Waals surface area contributed by atoms with E-state index in [1.807, 2.05) is 0 Å². The lowest BCUT2D eigenvalue weighted by Crippen LogP contribution is -2.48. The van der Waals surface area contributed by atoms with Crippen LogP contribution < -0.4 is 64.4 Å². The van der Waals surface area contributed by atoms with Gasteiger partial charge in [0.25, 0.3) is 10.9 Å². The maximum atomic E-state index is 14.6. The average molecular weight is 893 g/mol. The minimum Gasteiger partial charge on any atom is -0.508 e. The molecule has 0 bridgehead atoms. The highest BCUT2D eigenvalue weighted by atomic mass is 19.1. The topological polar surface area (TPSA) is 290 Å². The number of nitrogens with zero attached hydrogens (tertiary/aromatic N) is 1. The fourth-order valence-electron chi connectivity index (χ4n) is 6.30. The number of aromatic hydroxyl groups is 1. The molecule has 0 heterocycles. The molecule has 4 rings (SSSR count). The van der Waals surface area contributed by atoms with E-state index in [0.717, 1.165) is 0 Å². The van der Waals surface area contributed by atoms with Gasteiger partial charge in [-0.25, -0.2) is 19.5 Å². The minimum absolute atomic E-state index is 0.01000. The monoisotopic (exact) mass is 892 g/mol. The number of anilines is 2. The van der Waals surface area contributed by atoms with Crippen LogP contribution in [0.4, 0.5) is 25.0 Å². The van der Waals surface area contributed by atoms with Crippen molar-refractivity contribution in [3.63, 3.8) is 0 Å². The van der Waals surface area contributed by atoms with E-state index in [1.165, 1.54) is 0 Å². The molecule has 0 spiro atoms. The van der Waals surface area contributed by atoms with Crippen LogP contribution in [0.5, 0.6) is 11.5 Å². The number of ether oxygens (including phenoxy) is 1. The maximum absolute atomic E-state index is 14.6. The van der Waals surface area contributed by atoms with Crippen LogP contribution >= 0.6 is 0 Å². The van der Waals surface area contributed by atoms with E-state index < -0.39 is 70.2 Å². The van der Waals surface area contributed by atoms with Gasteiger partial charge in [0.15, 0.2) is 5.96 Å². The quantitative estimate of drug-likeness (QED) is 0.0141. The molecule has 21 heteroatoms. The Labute approximate surface area is 367 Å². The molecule has 344 valence electrons. The highest BCUT2D eigenvalue weighted by Crippen LogP contribution is 2.28. The zero-order chi connectivity index (χ0) is 46.4. The average Bonchev–Trinajstić information content (AvgIpc) is 3.27. The number of nitrogens with two attached hydrogens (primary N) is 2. The number of carbonyl (C=O) groups is 4. The van der Waals surface area contributed by atoms with E-state index in [-0.39, 0.29) is 75.5 Å². The van der Waals surface area contributed by atoms with Gasteiger partial charge in [-0.3, -0.25) is 34.3 Å². The molecule has 4 aromatic rings. The van der Waals surface area contributed by atoms with Crippen LogP contribution in [0.3, 0.4) is 0 Å². The number of guanidine groups is 1. The second kappa shape index (κ2) is 25.7. The van der Waals surface area contributed by atoms with Crippen LogP contribution in [-0.2, 0) is 25.8 Å². The molecule has 2 atom stereocenters. The van der Waals surface area contributed by atoms with Gasteiger partial charge in [-0.05, 0) is 48.9 Å². The second-order valence-electron chi connectivity index (χ2n) is 14.3. The number of rotatable bonds is 26. The van der Waals surface area contributed by atoms with Crippen molar-refractivity contribution < 1.29 is 42.6 Å². The number of amides is 5. The van der Waals surface area contributed by atoms with Crippen LogP contribution in [0, 0.1) is 11.6 Å². The smallest absolute Gasteiger partial charge is 0.321 e. The number of unbranched alkanes of at least 4 members (excludes halogenated alkanes) is 1. The lowest BCUT2D eigenvalue weighted by atomic mass is 9.90. The van der Waals surface area contributed by atoms with Gasteiger partial charge in [-0.15, -0.1) is 0 Å². The number of urea groups is 1. The first-order valence-electron chi connectivity index (χ1n) is 20.6. The molecule has 0 aliphatic heterocycles. The number of hydrogen-bond acceptors (Lipinski definition) is 13. The Balaban J connectivity index is 1.42. The maximum Gasteiger partial charge on any atom is 0.321 e. The summed E-state index contributed by atoms with van der Waals surface area (Å²) in [6, 6.07) is 15.2. The summed E-state index contributed by atoms with van der Waals surface area (Å²) >= 11 is 0. The molecule has 1 unspecified atom stereocenters. The summed E-state index contributed by atoms with van der Waals surface area (Å²) in [5.41, 5.74) is 5.67. The number of hydrogen-bond donors (Lipinski definition) is 10. The van der Waals surface area contributed by atoms with E-state index in [1.54, 1.807) is 61.5 Å². The zero-order valence-corrected chi connectivity index (χ0v) is 35.3. The van der Waals surface area contributed by atoms with E-state index in [4.69, 9.17) is 16.4 Å². The largest absolute Gasteiger partial charge is 0.508 e. The standard InChI is InChI=1S/C43H54F2N10O9/c1-2-34(57)48-17-18-52-43(62)55-42(46)51-16-9-14-33(40(60)53-25-30-31(44)23-28(56)24-32(30)45)54-41(61)35(26-10-4-3-5-11-26)27-12-8-13-29(22-27)63-20-7-6-15-49-36-37(39(59)38(36)58)50-19-21-64-47/h3-5,8,10-13,22-24,33,35,49-50,56H,2,6-7,9,14-21,25,47H2,1H3,(H,48,57)(H,53,60)(H,54,61)(H4,46,51,52,55,62)/t33-,35?/m1/s1. The van der Waals surface area contributed by atoms with Crippen LogP contribution in [0.2, 0.25) is 0 Å². The molecule has 0 aromatic heterocycles. The summed E-state index contributed by atoms with van der Waals surface area (Å²) in [7, 11) is 0. The number of phenols is 1. The van der Waals surface area contributed by atoms with Crippen LogP contribution in [0.15, 0.2) is 81.3 Å². The van der Waals surface area contributed by atoms with Crippen LogP contribution in [-0.4, -0.2) is 86.8 Å². The molecule has 0 aliphatic rings. The Morgan fingerprint density at radius 2 is 1.45 bits per heavy atom. The van der Waals surface area contributed by atoms with Gasteiger partial charge in [0.1, 0.15) is 40.6 Å². The van der Waals surface area contributed by atoms with Gasteiger partial charge >= 0.3 is 6.03 Å². The first kappa shape index (κ1) is 49.5. The minimum atomic E-state index is -1.24. The number of phenolic OH excluding ortho intramolecular Hbond substituents is 1. The second-order valence-corrected chi connectivity index (χ2v) is 14.3. The molecule has 5 amide bonds. The molecular formula is C43H54F2N10O9. The van der Waals surface area contributed by atoms with Gasteiger partial charge in [0.05, 0.1) is 19.1 Å². The van der Waals surface area contributed by atoms with Crippen LogP contribution in [0.25, 0.3) is 0 Å². The molecule has 12 N–H and O–H groups in total. The van der Waals surface area contributed by atoms with Gasteiger partial charge in [-0.2, -0.15) is 0 Å². The molecule has 0 radical (unpaired) electrons. The summed E-state index contributed by atoms with van der Waals surface area (Å²) in [4.78, 5) is 84.0. The first-order chi connectivity index (χ1) is 30.8. The Kier molecular flexibility index (Phi) is 19.9. The summed E-state index contributed by atoms with van der Waals surface area (Å²) in [5, 5.41) is 28.1. The van der Waals surface area contributed by atoms with Crippen LogP contribution in [0.1, 0.15) is 61.6 Å².